The molecule has 1 saturated carbocycles. The number of hydrogen-bond acceptors (Lipinski definition) is 2. The predicted molar refractivity (Wildman–Crippen MR) is 81.8 cm³/mol. The van der Waals surface area contributed by atoms with Crippen LogP contribution in [0.2, 0.25) is 0 Å². The van der Waals surface area contributed by atoms with Gasteiger partial charge < -0.3 is 5.32 Å². The molecule has 0 saturated heterocycles. The molecule has 1 heterocycles. The summed E-state index contributed by atoms with van der Waals surface area (Å²) in [6.45, 7) is 5.58. The molecule has 106 valence electrons. The van der Waals surface area contributed by atoms with Gasteiger partial charge in [-0.15, -0.1) is 0 Å². The maximum absolute atomic E-state index is 4.64. The Labute approximate surface area is 121 Å². The van der Waals surface area contributed by atoms with Crippen molar-refractivity contribution in [2.75, 3.05) is 0 Å². The normalized spacial score (nSPS) is 26.0. The second-order valence-corrected chi connectivity index (χ2v) is 5.99. The van der Waals surface area contributed by atoms with Crippen molar-refractivity contribution in [1.82, 2.24) is 15.1 Å². The van der Waals surface area contributed by atoms with Crippen LogP contribution in [0.15, 0.2) is 42.6 Å². The van der Waals surface area contributed by atoms with Gasteiger partial charge in [0.05, 0.1) is 11.4 Å². The van der Waals surface area contributed by atoms with E-state index in [4.69, 9.17) is 0 Å². The average Bonchev–Trinajstić information content (AvgIpc) is 3.07. The molecular formula is C17H23N3. The highest BCUT2D eigenvalue weighted by atomic mass is 15.3. The van der Waals surface area contributed by atoms with Crippen molar-refractivity contribution in [2.24, 2.45) is 11.8 Å². The Kier molecular flexibility index (Phi) is 3.88. The average molecular weight is 269 g/mol. The predicted octanol–water partition coefficient (Wildman–Crippen LogP) is 3.40. The molecule has 20 heavy (non-hydrogen) atoms. The van der Waals surface area contributed by atoms with Crippen molar-refractivity contribution in [3.8, 4) is 5.69 Å². The number of rotatable bonds is 4. The molecule has 1 fully saturated rings. The fourth-order valence-corrected chi connectivity index (χ4v) is 3.07. The van der Waals surface area contributed by atoms with E-state index in [-0.39, 0.29) is 0 Å². The van der Waals surface area contributed by atoms with E-state index >= 15 is 0 Å². The molecule has 0 radical (unpaired) electrons. The summed E-state index contributed by atoms with van der Waals surface area (Å²) in [6.07, 6.45) is 4.67. The molecule has 0 amide bonds. The first-order valence-corrected chi connectivity index (χ1v) is 7.57. The van der Waals surface area contributed by atoms with Crippen LogP contribution in [-0.2, 0) is 6.54 Å². The molecule has 3 unspecified atom stereocenters. The first kappa shape index (κ1) is 13.4. The van der Waals surface area contributed by atoms with Crippen LogP contribution in [0.25, 0.3) is 5.69 Å². The molecule has 3 heteroatoms. The van der Waals surface area contributed by atoms with Crippen molar-refractivity contribution >= 4 is 0 Å². The molecule has 3 nitrogen and oxygen atoms in total. The molecule has 1 aromatic heterocycles. The molecule has 1 aliphatic carbocycles. The van der Waals surface area contributed by atoms with E-state index in [1.807, 2.05) is 29.1 Å². The lowest BCUT2D eigenvalue weighted by Gasteiger charge is -2.19. The van der Waals surface area contributed by atoms with Crippen molar-refractivity contribution in [1.29, 1.82) is 0 Å². The van der Waals surface area contributed by atoms with Crippen LogP contribution in [0, 0.1) is 11.8 Å². The quantitative estimate of drug-likeness (QED) is 0.922. The highest BCUT2D eigenvalue weighted by molar-refractivity contribution is 5.30. The highest BCUT2D eigenvalue weighted by Gasteiger charge is 2.29. The second-order valence-electron chi connectivity index (χ2n) is 5.99. The molecule has 2 aromatic rings. The van der Waals surface area contributed by atoms with Gasteiger partial charge in [-0.3, -0.25) is 0 Å². The topological polar surface area (TPSA) is 29.9 Å². The van der Waals surface area contributed by atoms with Gasteiger partial charge in [-0.25, -0.2) is 4.68 Å². The van der Waals surface area contributed by atoms with E-state index in [0.29, 0.717) is 6.04 Å². The van der Waals surface area contributed by atoms with Crippen LogP contribution in [-0.4, -0.2) is 15.8 Å². The van der Waals surface area contributed by atoms with Crippen LogP contribution in [0.5, 0.6) is 0 Å². The van der Waals surface area contributed by atoms with Crippen molar-refractivity contribution in [3.63, 3.8) is 0 Å². The SMILES string of the molecule is CC1CCC(NCc2ccn(-c3ccccc3)n2)C1C. The monoisotopic (exact) mass is 269 g/mol. The second kappa shape index (κ2) is 5.80. The summed E-state index contributed by atoms with van der Waals surface area (Å²) in [5.74, 6) is 1.61. The summed E-state index contributed by atoms with van der Waals surface area (Å²) in [7, 11) is 0. The van der Waals surface area contributed by atoms with E-state index in [2.05, 4.69) is 42.5 Å². The molecule has 0 aliphatic heterocycles. The molecule has 1 N–H and O–H groups in total. The fourth-order valence-electron chi connectivity index (χ4n) is 3.07. The minimum Gasteiger partial charge on any atom is -0.308 e. The van der Waals surface area contributed by atoms with Crippen LogP contribution >= 0.6 is 0 Å². The Bertz CT molecular complexity index is 546. The van der Waals surface area contributed by atoms with Gasteiger partial charge in [0.15, 0.2) is 0 Å². The number of nitrogens with zero attached hydrogens (tertiary/aromatic N) is 2. The minimum atomic E-state index is 0.645. The van der Waals surface area contributed by atoms with Crippen molar-refractivity contribution in [2.45, 2.75) is 39.3 Å². The number of hydrogen-bond donors (Lipinski definition) is 1. The first-order valence-electron chi connectivity index (χ1n) is 7.57. The first-order chi connectivity index (χ1) is 9.74. The molecule has 3 atom stereocenters. The third-order valence-corrected chi connectivity index (χ3v) is 4.68. The summed E-state index contributed by atoms with van der Waals surface area (Å²) < 4.78 is 1.94. The van der Waals surface area contributed by atoms with Crippen molar-refractivity contribution < 1.29 is 0 Å². The lowest BCUT2D eigenvalue weighted by Crippen LogP contribution is -2.32. The molecular weight excluding hydrogens is 246 g/mol. The molecule has 0 spiro atoms. The standard InChI is InChI=1S/C17H23N3/c1-13-8-9-17(14(13)2)18-12-15-10-11-20(19-15)16-6-4-3-5-7-16/h3-7,10-11,13-14,17-18H,8-9,12H2,1-2H3. The van der Waals surface area contributed by atoms with Gasteiger partial charge in [-0.05, 0) is 42.9 Å². The van der Waals surface area contributed by atoms with E-state index in [1.165, 1.54) is 12.8 Å². The van der Waals surface area contributed by atoms with Gasteiger partial charge in [-0.1, -0.05) is 32.0 Å². The zero-order valence-electron chi connectivity index (χ0n) is 12.3. The van der Waals surface area contributed by atoms with E-state index in [9.17, 15) is 0 Å². The van der Waals surface area contributed by atoms with Gasteiger partial charge in [0.1, 0.15) is 0 Å². The number of para-hydroxylation sites is 1. The largest absolute Gasteiger partial charge is 0.308 e. The highest BCUT2D eigenvalue weighted by Crippen LogP contribution is 2.31. The Morgan fingerprint density at radius 3 is 2.65 bits per heavy atom. The zero-order chi connectivity index (χ0) is 13.9. The minimum absolute atomic E-state index is 0.645. The zero-order valence-corrected chi connectivity index (χ0v) is 12.3. The molecule has 0 bridgehead atoms. The lowest BCUT2D eigenvalue weighted by atomic mass is 9.98. The van der Waals surface area contributed by atoms with Crippen LogP contribution in [0.1, 0.15) is 32.4 Å². The van der Waals surface area contributed by atoms with Gasteiger partial charge in [0.25, 0.3) is 0 Å². The van der Waals surface area contributed by atoms with Crippen LogP contribution in [0.4, 0.5) is 0 Å². The molecule has 1 aromatic carbocycles. The fraction of sp³-hybridized carbons (Fsp3) is 0.471. The third kappa shape index (κ3) is 2.78. The van der Waals surface area contributed by atoms with E-state index in [1.54, 1.807) is 0 Å². The van der Waals surface area contributed by atoms with E-state index < -0.39 is 0 Å². The summed E-state index contributed by atoms with van der Waals surface area (Å²) >= 11 is 0. The number of nitrogens with one attached hydrogen (secondary N) is 1. The summed E-state index contributed by atoms with van der Waals surface area (Å²) in [5, 5.41) is 8.31. The summed E-state index contributed by atoms with van der Waals surface area (Å²) in [4.78, 5) is 0. The number of benzene rings is 1. The van der Waals surface area contributed by atoms with Gasteiger partial charge in [-0.2, -0.15) is 5.10 Å². The molecule has 1 aliphatic rings. The number of aromatic nitrogens is 2. The summed E-state index contributed by atoms with van der Waals surface area (Å²) in [5.41, 5.74) is 2.22. The van der Waals surface area contributed by atoms with Crippen LogP contribution < -0.4 is 5.32 Å². The Hall–Kier alpha value is -1.61. The van der Waals surface area contributed by atoms with Crippen LogP contribution in [0.3, 0.4) is 0 Å². The Morgan fingerprint density at radius 1 is 1.15 bits per heavy atom. The van der Waals surface area contributed by atoms with Crippen molar-refractivity contribution in [3.05, 3.63) is 48.3 Å². The van der Waals surface area contributed by atoms with Gasteiger partial charge >= 0.3 is 0 Å². The summed E-state index contributed by atoms with van der Waals surface area (Å²) in [6, 6.07) is 13.0. The van der Waals surface area contributed by atoms with E-state index in [0.717, 1.165) is 29.8 Å². The third-order valence-electron chi connectivity index (χ3n) is 4.68. The Morgan fingerprint density at radius 2 is 1.95 bits per heavy atom. The lowest BCUT2D eigenvalue weighted by molar-refractivity contribution is 0.368. The molecule has 3 rings (SSSR count). The van der Waals surface area contributed by atoms with Gasteiger partial charge in [0.2, 0.25) is 0 Å². The maximum atomic E-state index is 4.64. The Balaban J connectivity index is 1.61. The smallest absolute Gasteiger partial charge is 0.0766 e. The van der Waals surface area contributed by atoms with Gasteiger partial charge in [0, 0.05) is 18.8 Å². The maximum Gasteiger partial charge on any atom is 0.0766 e.